The Morgan fingerprint density at radius 2 is 1.59 bits per heavy atom. The summed E-state index contributed by atoms with van der Waals surface area (Å²) in [7, 11) is 2.95. The molecule has 1 saturated heterocycles. The van der Waals surface area contributed by atoms with Gasteiger partial charge in [0.05, 0.1) is 20.1 Å². The van der Waals surface area contributed by atoms with Crippen LogP contribution in [-0.2, 0) is 14.3 Å². The number of carbonyl (C=O) groups is 3. The number of benzene rings is 2. The van der Waals surface area contributed by atoms with Crippen LogP contribution in [0.15, 0.2) is 54.2 Å². The average molecular weight is 437 g/mol. The fourth-order valence-corrected chi connectivity index (χ4v) is 3.57. The molecule has 1 N–H and O–H groups in total. The predicted molar refractivity (Wildman–Crippen MR) is 121 cm³/mol. The standard InChI is InChI=1S/C25H28N2O5/c1-17-4-8-19(9-5-17)23(28)26-22(16-18-6-10-21(31-2)11-7-18)24(29)27-14-12-20(13-15-27)25(30)32-3/h4-11,16,20H,12-15H2,1-3H3,(H,26,28)/b22-16+. The van der Waals surface area contributed by atoms with Crippen LogP contribution < -0.4 is 10.1 Å². The Morgan fingerprint density at radius 1 is 0.969 bits per heavy atom. The lowest BCUT2D eigenvalue weighted by Crippen LogP contribution is -2.44. The highest BCUT2D eigenvalue weighted by Gasteiger charge is 2.29. The fourth-order valence-electron chi connectivity index (χ4n) is 3.57. The van der Waals surface area contributed by atoms with E-state index in [1.165, 1.54) is 7.11 Å². The molecule has 2 aromatic carbocycles. The molecule has 1 fully saturated rings. The van der Waals surface area contributed by atoms with E-state index in [0.29, 0.717) is 37.2 Å². The lowest BCUT2D eigenvalue weighted by atomic mass is 9.96. The van der Waals surface area contributed by atoms with Crippen molar-refractivity contribution in [3.8, 4) is 5.75 Å². The summed E-state index contributed by atoms with van der Waals surface area (Å²) in [6.07, 6.45) is 2.71. The first-order valence-electron chi connectivity index (χ1n) is 10.5. The average Bonchev–Trinajstić information content (AvgIpc) is 2.83. The predicted octanol–water partition coefficient (Wildman–Crippen LogP) is 3.19. The van der Waals surface area contributed by atoms with Crippen molar-refractivity contribution >= 4 is 23.9 Å². The Bertz CT molecular complexity index is 988. The molecule has 0 bridgehead atoms. The lowest BCUT2D eigenvalue weighted by Gasteiger charge is -2.31. The smallest absolute Gasteiger partial charge is 0.308 e. The van der Waals surface area contributed by atoms with E-state index in [9.17, 15) is 14.4 Å². The molecule has 0 saturated carbocycles. The first-order chi connectivity index (χ1) is 15.4. The molecule has 7 heteroatoms. The molecule has 32 heavy (non-hydrogen) atoms. The number of aryl methyl sites for hydroxylation is 1. The van der Waals surface area contributed by atoms with Gasteiger partial charge in [-0.25, -0.2) is 0 Å². The van der Waals surface area contributed by atoms with E-state index in [0.717, 1.165) is 11.1 Å². The fraction of sp³-hybridized carbons (Fsp3) is 0.320. The first-order valence-corrected chi connectivity index (χ1v) is 10.5. The van der Waals surface area contributed by atoms with Crippen LogP contribution >= 0.6 is 0 Å². The summed E-state index contributed by atoms with van der Waals surface area (Å²) in [6, 6.07) is 14.3. The molecular weight excluding hydrogens is 408 g/mol. The summed E-state index contributed by atoms with van der Waals surface area (Å²) in [4.78, 5) is 39.6. The number of nitrogens with zero attached hydrogens (tertiary/aromatic N) is 1. The molecule has 1 heterocycles. The maximum absolute atomic E-state index is 13.3. The maximum atomic E-state index is 13.3. The van der Waals surface area contributed by atoms with Crippen molar-refractivity contribution in [1.82, 2.24) is 10.2 Å². The summed E-state index contributed by atoms with van der Waals surface area (Å²) in [5.74, 6) is -0.408. The summed E-state index contributed by atoms with van der Waals surface area (Å²) in [6.45, 7) is 2.77. The van der Waals surface area contributed by atoms with Crippen LogP contribution in [0.5, 0.6) is 5.75 Å². The zero-order valence-electron chi connectivity index (χ0n) is 18.6. The molecular formula is C25H28N2O5. The largest absolute Gasteiger partial charge is 0.497 e. The third kappa shape index (κ3) is 5.75. The minimum Gasteiger partial charge on any atom is -0.497 e. The van der Waals surface area contributed by atoms with Crippen molar-refractivity contribution < 1.29 is 23.9 Å². The Balaban J connectivity index is 1.81. The van der Waals surface area contributed by atoms with Crippen molar-refractivity contribution in [1.29, 1.82) is 0 Å². The Kier molecular flexibility index (Phi) is 7.65. The van der Waals surface area contributed by atoms with Gasteiger partial charge in [-0.3, -0.25) is 14.4 Å². The van der Waals surface area contributed by atoms with Crippen LogP contribution in [0.2, 0.25) is 0 Å². The van der Waals surface area contributed by atoms with E-state index >= 15 is 0 Å². The van der Waals surface area contributed by atoms with E-state index in [-0.39, 0.29) is 29.4 Å². The van der Waals surface area contributed by atoms with Gasteiger partial charge >= 0.3 is 5.97 Å². The molecule has 0 spiro atoms. The number of rotatable bonds is 6. The van der Waals surface area contributed by atoms with Crippen LogP contribution in [0.3, 0.4) is 0 Å². The van der Waals surface area contributed by atoms with Gasteiger partial charge in [-0.2, -0.15) is 0 Å². The second-order valence-electron chi connectivity index (χ2n) is 7.74. The summed E-state index contributed by atoms with van der Waals surface area (Å²) < 4.78 is 10.0. The minimum absolute atomic E-state index is 0.178. The maximum Gasteiger partial charge on any atom is 0.308 e. The van der Waals surface area contributed by atoms with E-state index in [1.54, 1.807) is 42.4 Å². The zero-order valence-corrected chi connectivity index (χ0v) is 18.6. The summed E-state index contributed by atoms with van der Waals surface area (Å²) in [5, 5.41) is 2.78. The highest BCUT2D eigenvalue weighted by molar-refractivity contribution is 6.05. The van der Waals surface area contributed by atoms with Crippen molar-refractivity contribution in [2.75, 3.05) is 27.3 Å². The van der Waals surface area contributed by atoms with Gasteiger partial charge in [0.2, 0.25) is 0 Å². The number of methoxy groups -OCH3 is 2. The van der Waals surface area contributed by atoms with Crippen LogP contribution in [0.25, 0.3) is 6.08 Å². The highest BCUT2D eigenvalue weighted by Crippen LogP contribution is 2.21. The summed E-state index contributed by atoms with van der Waals surface area (Å²) in [5.41, 5.74) is 2.44. The quantitative estimate of drug-likeness (QED) is 0.555. The van der Waals surface area contributed by atoms with Crippen molar-refractivity contribution in [2.45, 2.75) is 19.8 Å². The number of esters is 1. The molecule has 0 atom stereocenters. The number of carbonyl (C=O) groups excluding carboxylic acids is 3. The third-order valence-corrected chi connectivity index (χ3v) is 5.54. The monoisotopic (exact) mass is 436 g/mol. The number of amides is 2. The first kappa shape index (κ1) is 23.1. The SMILES string of the molecule is COC(=O)C1CCN(C(=O)/C(=C\c2ccc(OC)cc2)NC(=O)c2ccc(C)cc2)CC1. The third-order valence-electron chi connectivity index (χ3n) is 5.54. The van der Waals surface area contributed by atoms with E-state index in [1.807, 2.05) is 31.2 Å². The second-order valence-corrected chi connectivity index (χ2v) is 7.74. The topological polar surface area (TPSA) is 84.9 Å². The molecule has 1 aliphatic heterocycles. The molecule has 0 aliphatic carbocycles. The molecule has 2 aromatic rings. The zero-order chi connectivity index (χ0) is 23.1. The van der Waals surface area contributed by atoms with Gasteiger partial charge in [-0.05, 0) is 55.7 Å². The number of piperidine rings is 1. The molecule has 3 rings (SSSR count). The van der Waals surface area contributed by atoms with Gasteiger partial charge < -0.3 is 19.7 Å². The van der Waals surface area contributed by atoms with Gasteiger partial charge in [-0.1, -0.05) is 29.8 Å². The molecule has 0 aromatic heterocycles. The Morgan fingerprint density at radius 3 is 2.16 bits per heavy atom. The van der Waals surface area contributed by atoms with Gasteiger partial charge in [-0.15, -0.1) is 0 Å². The number of hydrogen-bond acceptors (Lipinski definition) is 5. The van der Waals surface area contributed by atoms with Crippen molar-refractivity contribution in [3.63, 3.8) is 0 Å². The molecule has 168 valence electrons. The molecule has 0 unspecified atom stereocenters. The van der Waals surface area contributed by atoms with Gasteiger partial charge in [0.25, 0.3) is 11.8 Å². The van der Waals surface area contributed by atoms with E-state index < -0.39 is 0 Å². The van der Waals surface area contributed by atoms with Crippen molar-refractivity contribution in [3.05, 3.63) is 70.9 Å². The normalized spacial score (nSPS) is 14.6. The highest BCUT2D eigenvalue weighted by atomic mass is 16.5. The summed E-state index contributed by atoms with van der Waals surface area (Å²) >= 11 is 0. The van der Waals surface area contributed by atoms with Crippen LogP contribution in [-0.4, -0.2) is 50.0 Å². The molecule has 1 aliphatic rings. The second kappa shape index (κ2) is 10.6. The van der Waals surface area contributed by atoms with E-state index in [4.69, 9.17) is 9.47 Å². The molecule has 0 radical (unpaired) electrons. The number of ether oxygens (including phenoxy) is 2. The number of nitrogens with one attached hydrogen (secondary N) is 1. The molecule has 2 amide bonds. The minimum atomic E-state index is -0.359. The Labute approximate surface area is 188 Å². The van der Waals surface area contributed by atoms with Gasteiger partial charge in [0, 0.05) is 18.7 Å². The van der Waals surface area contributed by atoms with Gasteiger partial charge in [0.1, 0.15) is 11.4 Å². The van der Waals surface area contributed by atoms with E-state index in [2.05, 4.69) is 5.32 Å². The van der Waals surface area contributed by atoms with Crippen LogP contribution in [0.4, 0.5) is 0 Å². The van der Waals surface area contributed by atoms with Gasteiger partial charge in [0.15, 0.2) is 0 Å². The Hall–Kier alpha value is -3.61. The number of likely N-dealkylation sites (tertiary alicyclic amines) is 1. The number of hydrogen-bond donors (Lipinski definition) is 1. The van der Waals surface area contributed by atoms with Crippen molar-refractivity contribution in [2.24, 2.45) is 5.92 Å². The molecule has 7 nitrogen and oxygen atoms in total. The van der Waals surface area contributed by atoms with Crippen LogP contribution in [0.1, 0.15) is 34.3 Å². The van der Waals surface area contributed by atoms with Crippen LogP contribution in [0, 0.1) is 12.8 Å². The lowest BCUT2D eigenvalue weighted by molar-refractivity contribution is -0.148.